The topological polar surface area (TPSA) is 162 Å². The van der Waals surface area contributed by atoms with Gasteiger partial charge in [0.25, 0.3) is 23.2 Å². The molecular formula is C18H21N5O7. The van der Waals surface area contributed by atoms with Gasteiger partial charge in [0.15, 0.2) is 5.69 Å². The van der Waals surface area contributed by atoms with Crippen molar-refractivity contribution in [3.8, 4) is 0 Å². The first-order valence-electron chi connectivity index (χ1n) is 8.99. The van der Waals surface area contributed by atoms with E-state index in [9.17, 15) is 29.8 Å². The van der Waals surface area contributed by atoms with E-state index < -0.39 is 39.1 Å². The summed E-state index contributed by atoms with van der Waals surface area (Å²) in [5, 5.41) is 24.8. The second-order valence-corrected chi connectivity index (χ2v) is 7.03. The number of rotatable bonds is 8. The predicted octanol–water partition coefficient (Wildman–Crippen LogP) is 2.68. The zero-order valence-electron chi connectivity index (χ0n) is 16.8. The number of hydrogen-bond donors (Lipinski definition) is 1. The fraction of sp³-hybridized carbons (Fsp3) is 0.389. The van der Waals surface area contributed by atoms with Gasteiger partial charge in [-0.15, -0.1) is 0 Å². The molecule has 12 heteroatoms. The van der Waals surface area contributed by atoms with Crippen LogP contribution in [0.25, 0.3) is 0 Å². The summed E-state index contributed by atoms with van der Waals surface area (Å²) in [5.41, 5.74) is -1.31. The van der Waals surface area contributed by atoms with Crippen LogP contribution in [0.1, 0.15) is 54.4 Å². The minimum absolute atomic E-state index is 0.0424. The molecule has 30 heavy (non-hydrogen) atoms. The Kier molecular flexibility index (Phi) is 6.82. The lowest BCUT2D eigenvalue weighted by Gasteiger charge is -2.25. The molecule has 2 aromatic rings. The maximum atomic E-state index is 13.0. The molecule has 0 aliphatic rings. The zero-order chi connectivity index (χ0) is 22.6. The van der Waals surface area contributed by atoms with Gasteiger partial charge in [-0.3, -0.25) is 29.8 Å². The van der Waals surface area contributed by atoms with E-state index >= 15 is 0 Å². The quantitative estimate of drug-likeness (QED) is 0.504. The van der Waals surface area contributed by atoms with E-state index in [0.29, 0.717) is 0 Å². The third-order valence-electron chi connectivity index (χ3n) is 3.97. The number of oxazole rings is 1. The Bertz CT molecular complexity index is 951. The highest BCUT2D eigenvalue weighted by atomic mass is 16.6. The average molecular weight is 419 g/mol. The lowest BCUT2D eigenvalue weighted by Crippen LogP contribution is -2.36. The van der Waals surface area contributed by atoms with Crippen molar-refractivity contribution in [3.63, 3.8) is 0 Å². The molecule has 0 atom stereocenters. The Morgan fingerprint density at radius 1 is 1.10 bits per heavy atom. The second kappa shape index (κ2) is 9.11. The molecule has 0 spiro atoms. The van der Waals surface area contributed by atoms with E-state index in [1.165, 1.54) is 4.90 Å². The third kappa shape index (κ3) is 5.37. The Morgan fingerprint density at radius 2 is 1.67 bits per heavy atom. The minimum Gasteiger partial charge on any atom is -0.446 e. The number of amides is 2. The Balaban J connectivity index is 2.32. The summed E-state index contributed by atoms with van der Waals surface area (Å²) >= 11 is 0. The van der Waals surface area contributed by atoms with Crippen LogP contribution < -0.4 is 5.32 Å². The first kappa shape index (κ1) is 22.5. The van der Waals surface area contributed by atoms with E-state index in [1.54, 1.807) is 27.7 Å². The lowest BCUT2D eigenvalue weighted by molar-refractivity contribution is -0.394. The molecule has 0 bridgehead atoms. The number of nitrogens with zero attached hydrogens (tertiary/aromatic N) is 4. The number of benzene rings is 1. The molecule has 0 aliphatic heterocycles. The van der Waals surface area contributed by atoms with Crippen LogP contribution in [-0.2, 0) is 6.54 Å². The van der Waals surface area contributed by atoms with Gasteiger partial charge in [0.05, 0.1) is 28.0 Å². The minimum atomic E-state index is -0.808. The van der Waals surface area contributed by atoms with Gasteiger partial charge in [-0.25, -0.2) is 4.98 Å². The molecule has 0 aliphatic carbocycles. The number of nitrogens with one attached hydrogen (secondary N) is 1. The van der Waals surface area contributed by atoms with Gasteiger partial charge >= 0.3 is 0 Å². The van der Waals surface area contributed by atoms with Crippen LogP contribution in [0, 0.1) is 20.2 Å². The summed E-state index contributed by atoms with van der Waals surface area (Å²) in [6.07, 6.45) is 1.16. The molecule has 0 unspecified atom stereocenters. The molecule has 2 rings (SSSR count). The summed E-state index contributed by atoms with van der Waals surface area (Å²) in [6.45, 7) is 6.83. The van der Waals surface area contributed by atoms with Gasteiger partial charge in [0.1, 0.15) is 6.26 Å². The van der Waals surface area contributed by atoms with Crippen LogP contribution in [0.3, 0.4) is 0 Å². The monoisotopic (exact) mass is 419 g/mol. The molecule has 1 heterocycles. The van der Waals surface area contributed by atoms with E-state index in [1.807, 2.05) is 0 Å². The summed E-state index contributed by atoms with van der Waals surface area (Å²) < 4.78 is 5.28. The number of nitro groups is 2. The molecule has 2 amide bonds. The van der Waals surface area contributed by atoms with Crippen molar-refractivity contribution in [1.82, 2.24) is 15.2 Å². The van der Waals surface area contributed by atoms with E-state index in [2.05, 4.69) is 10.3 Å². The molecule has 0 saturated carbocycles. The molecular weight excluding hydrogens is 398 g/mol. The standard InChI is InChI=1S/C18H21N5O7/c1-10(2)19-17(24)15-9-30-16(20-15)8-21(11(3)4)18(25)12-5-13(22(26)27)7-14(6-12)23(28)29/h5-7,9-11H,8H2,1-4H3,(H,19,24). The fourth-order valence-electron chi connectivity index (χ4n) is 2.55. The maximum Gasteiger partial charge on any atom is 0.277 e. The number of carbonyl (C=O) groups excluding carboxylic acids is 2. The number of nitro benzene ring substituents is 2. The van der Waals surface area contributed by atoms with Crippen molar-refractivity contribution in [1.29, 1.82) is 0 Å². The second-order valence-electron chi connectivity index (χ2n) is 7.03. The number of carbonyl (C=O) groups is 2. The van der Waals surface area contributed by atoms with Crippen molar-refractivity contribution in [2.45, 2.75) is 46.3 Å². The van der Waals surface area contributed by atoms with Gasteiger partial charge < -0.3 is 14.6 Å². The summed E-state index contributed by atoms with van der Waals surface area (Å²) in [7, 11) is 0. The molecule has 1 N–H and O–H groups in total. The number of hydrogen-bond acceptors (Lipinski definition) is 8. The van der Waals surface area contributed by atoms with Crippen molar-refractivity contribution in [2.24, 2.45) is 0 Å². The van der Waals surface area contributed by atoms with Gasteiger partial charge in [0, 0.05) is 24.2 Å². The smallest absolute Gasteiger partial charge is 0.277 e. The fourth-order valence-corrected chi connectivity index (χ4v) is 2.55. The first-order chi connectivity index (χ1) is 14.0. The zero-order valence-corrected chi connectivity index (χ0v) is 16.8. The Hall–Kier alpha value is -3.83. The van der Waals surface area contributed by atoms with Crippen LogP contribution in [0.2, 0.25) is 0 Å². The molecule has 0 saturated heterocycles. The largest absolute Gasteiger partial charge is 0.446 e. The predicted molar refractivity (Wildman–Crippen MR) is 104 cm³/mol. The maximum absolute atomic E-state index is 13.0. The average Bonchev–Trinajstić information content (AvgIpc) is 3.13. The van der Waals surface area contributed by atoms with Crippen LogP contribution in [-0.4, -0.2) is 43.6 Å². The third-order valence-corrected chi connectivity index (χ3v) is 3.97. The molecule has 0 fully saturated rings. The van der Waals surface area contributed by atoms with Crippen molar-refractivity contribution >= 4 is 23.2 Å². The molecule has 1 aromatic carbocycles. The highest BCUT2D eigenvalue weighted by Gasteiger charge is 2.26. The van der Waals surface area contributed by atoms with Crippen molar-refractivity contribution < 1.29 is 23.9 Å². The Morgan fingerprint density at radius 3 is 2.13 bits per heavy atom. The highest BCUT2D eigenvalue weighted by molar-refractivity contribution is 5.96. The van der Waals surface area contributed by atoms with Crippen LogP contribution in [0.15, 0.2) is 28.9 Å². The SMILES string of the molecule is CC(C)NC(=O)c1coc(CN(C(=O)c2cc([N+](=O)[O-])cc([N+](=O)[O-])c2)C(C)C)n1. The molecule has 160 valence electrons. The first-order valence-corrected chi connectivity index (χ1v) is 8.99. The van der Waals surface area contributed by atoms with Gasteiger partial charge in [0.2, 0.25) is 5.89 Å². The van der Waals surface area contributed by atoms with E-state index in [0.717, 1.165) is 24.5 Å². The number of non-ortho nitro benzene ring substituents is 2. The van der Waals surface area contributed by atoms with Gasteiger partial charge in [-0.1, -0.05) is 0 Å². The highest BCUT2D eigenvalue weighted by Crippen LogP contribution is 2.24. The van der Waals surface area contributed by atoms with Crippen LogP contribution in [0.4, 0.5) is 11.4 Å². The van der Waals surface area contributed by atoms with Gasteiger partial charge in [-0.05, 0) is 27.7 Å². The summed E-state index contributed by atoms with van der Waals surface area (Å²) in [6, 6.07) is 2.24. The molecule has 12 nitrogen and oxygen atoms in total. The van der Waals surface area contributed by atoms with Gasteiger partial charge in [-0.2, -0.15) is 0 Å². The number of aromatic nitrogens is 1. The van der Waals surface area contributed by atoms with Crippen LogP contribution in [0.5, 0.6) is 0 Å². The van der Waals surface area contributed by atoms with Crippen LogP contribution >= 0.6 is 0 Å². The lowest BCUT2D eigenvalue weighted by atomic mass is 10.1. The molecule has 0 radical (unpaired) electrons. The summed E-state index contributed by atoms with van der Waals surface area (Å²) in [4.78, 5) is 50.9. The van der Waals surface area contributed by atoms with E-state index in [-0.39, 0.29) is 29.7 Å². The van der Waals surface area contributed by atoms with Crippen molar-refractivity contribution in [3.05, 3.63) is 61.8 Å². The summed E-state index contributed by atoms with van der Waals surface area (Å²) in [5.74, 6) is -1.04. The normalized spacial score (nSPS) is 10.9. The van der Waals surface area contributed by atoms with E-state index in [4.69, 9.17) is 4.42 Å². The Labute approximate surface area is 171 Å². The molecule has 1 aromatic heterocycles. The van der Waals surface area contributed by atoms with Crippen molar-refractivity contribution in [2.75, 3.05) is 0 Å².